The molecule has 0 heterocycles. The summed E-state index contributed by atoms with van der Waals surface area (Å²) in [7, 11) is 0. The van der Waals surface area contributed by atoms with Crippen LogP contribution in [-0.4, -0.2) is 46.9 Å². The Morgan fingerprint density at radius 2 is 0.775 bits per heavy atom. The molecule has 0 radical (unpaired) electrons. The van der Waals surface area contributed by atoms with Gasteiger partial charge in [0.05, 0.1) is 25.2 Å². The smallest absolute Gasteiger partial charge is 0.306 e. The van der Waals surface area contributed by atoms with Gasteiger partial charge in [-0.3, -0.25) is 9.59 Å². The van der Waals surface area contributed by atoms with E-state index in [4.69, 9.17) is 4.74 Å². The normalized spacial score (nSPS) is 13.6. The molecule has 0 fully saturated rings. The molecule has 412 valence electrons. The van der Waals surface area contributed by atoms with Crippen molar-refractivity contribution in [2.45, 2.75) is 322 Å². The third-order valence-corrected chi connectivity index (χ3v) is 13.8. The van der Waals surface area contributed by atoms with Gasteiger partial charge in [-0.2, -0.15) is 0 Å². The van der Waals surface area contributed by atoms with Gasteiger partial charge in [0.15, 0.2) is 0 Å². The Hall–Kier alpha value is -2.70. The number of amides is 1. The molecule has 0 rings (SSSR count). The van der Waals surface area contributed by atoms with Crippen molar-refractivity contribution in [3.8, 4) is 0 Å². The second-order valence-corrected chi connectivity index (χ2v) is 20.8. The first-order chi connectivity index (χ1) is 35.0. The lowest BCUT2D eigenvalue weighted by Crippen LogP contribution is -2.46. The average Bonchev–Trinajstić information content (AvgIpc) is 3.36. The molecule has 0 aliphatic heterocycles. The summed E-state index contributed by atoms with van der Waals surface area (Å²) >= 11 is 0. The summed E-state index contributed by atoms with van der Waals surface area (Å²) in [4.78, 5) is 26.3. The highest BCUT2D eigenvalue weighted by molar-refractivity contribution is 5.77. The Kier molecular flexibility index (Phi) is 56.0. The van der Waals surface area contributed by atoms with Gasteiger partial charge in [0.25, 0.3) is 0 Å². The van der Waals surface area contributed by atoms with Gasteiger partial charge in [-0.25, -0.2) is 0 Å². The van der Waals surface area contributed by atoms with E-state index >= 15 is 0 Å². The van der Waals surface area contributed by atoms with E-state index in [0.29, 0.717) is 19.3 Å². The van der Waals surface area contributed by atoms with Crippen LogP contribution in [0.2, 0.25) is 0 Å². The lowest BCUT2D eigenvalue weighted by Gasteiger charge is -2.24. The van der Waals surface area contributed by atoms with Crippen molar-refractivity contribution in [3.05, 3.63) is 72.9 Å². The fourth-order valence-electron chi connectivity index (χ4n) is 9.12. The summed E-state index contributed by atoms with van der Waals surface area (Å²) in [5.74, 6) is -0.539. The van der Waals surface area contributed by atoms with Gasteiger partial charge in [0, 0.05) is 6.42 Å². The summed E-state index contributed by atoms with van der Waals surface area (Å²) in [6, 6.07) is -0.727. The van der Waals surface area contributed by atoms with Crippen LogP contribution in [0.4, 0.5) is 0 Å². The molecule has 3 N–H and O–H groups in total. The minimum Gasteiger partial charge on any atom is -0.462 e. The summed E-state index contributed by atoms with van der Waals surface area (Å²) in [5.41, 5.74) is 0. The average molecular weight is 993 g/mol. The van der Waals surface area contributed by atoms with Crippen LogP contribution in [0.1, 0.15) is 303 Å². The Balaban J connectivity index is 4.66. The van der Waals surface area contributed by atoms with Crippen LogP contribution in [-0.2, 0) is 14.3 Å². The van der Waals surface area contributed by atoms with Crippen LogP contribution in [0.25, 0.3) is 0 Å². The predicted octanol–water partition coefficient (Wildman–Crippen LogP) is 19.3. The molecule has 0 bridgehead atoms. The van der Waals surface area contributed by atoms with Crippen molar-refractivity contribution in [3.63, 3.8) is 0 Å². The number of rotatable bonds is 55. The number of ether oxygens (including phenoxy) is 1. The molecule has 0 aromatic carbocycles. The Bertz CT molecular complexity index is 1300. The highest BCUT2D eigenvalue weighted by Crippen LogP contribution is 2.18. The molecule has 3 unspecified atom stereocenters. The molecule has 3 atom stereocenters. The van der Waals surface area contributed by atoms with Crippen LogP contribution < -0.4 is 5.32 Å². The number of hydrogen-bond donors (Lipinski definition) is 3. The number of unbranched alkanes of at least 4 members (excludes halogenated alkanes) is 32. The lowest BCUT2D eigenvalue weighted by atomic mass is 10.0. The second-order valence-electron chi connectivity index (χ2n) is 20.8. The quantitative estimate of drug-likeness (QED) is 0.0244. The predicted molar refractivity (Wildman–Crippen MR) is 310 cm³/mol. The number of aliphatic hydroxyl groups is 2. The van der Waals surface area contributed by atoms with Crippen LogP contribution in [0.15, 0.2) is 72.9 Å². The maximum absolute atomic E-state index is 13.3. The van der Waals surface area contributed by atoms with E-state index < -0.39 is 18.2 Å². The van der Waals surface area contributed by atoms with Crippen LogP contribution in [0.3, 0.4) is 0 Å². The third-order valence-electron chi connectivity index (χ3n) is 13.8. The van der Waals surface area contributed by atoms with Crippen molar-refractivity contribution < 1.29 is 24.5 Å². The molecule has 0 aromatic heterocycles. The Morgan fingerprint density at radius 1 is 0.423 bits per heavy atom. The summed E-state index contributed by atoms with van der Waals surface area (Å²) in [5, 5.41) is 23.9. The molecule has 0 aromatic rings. The molecule has 6 heteroatoms. The van der Waals surface area contributed by atoms with Gasteiger partial charge >= 0.3 is 5.97 Å². The van der Waals surface area contributed by atoms with Crippen LogP contribution >= 0.6 is 0 Å². The highest BCUT2D eigenvalue weighted by atomic mass is 16.5. The van der Waals surface area contributed by atoms with Crippen molar-refractivity contribution >= 4 is 11.9 Å². The van der Waals surface area contributed by atoms with Gasteiger partial charge in [0.2, 0.25) is 5.91 Å². The lowest BCUT2D eigenvalue weighted by molar-refractivity contribution is -0.151. The first kappa shape index (κ1) is 68.3. The number of allylic oxidation sites excluding steroid dienone is 12. The fourth-order valence-corrected chi connectivity index (χ4v) is 9.12. The Morgan fingerprint density at radius 3 is 1.23 bits per heavy atom. The van der Waals surface area contributed by atoms with Gasteiger partial charge in [-0.05, 0) is 89.9 Å². The van der Waals surface area contributed by atoms with Crippen molar-refractivity contribution in [1.29, 1.82) is 0 Å². The fraction of sp³-hybridized carbons (Fsp3) is 0.785. The van der Waals surface area contributed by atoms with Gasteiger partial charge in [0.1, 0.15) is 6.10 Å². The summed E-state index contributed by atoms with van der Waals surface area (Å²) in [6.45, 7) is 6.46. The molecule has 0 saturated heterocycles. The van der Waals surface area contributed by atoms with E-state index in [-0.39, 0.29) is 24.9 Å². The van der Waals surface area contributed by atoms with E-state index in [1.165, 1.54) is 167 Å². The van der Waals surface area contributed by atoms with E-state index in [9.17, 15) is 19.8 Å². The zero-order chi connectivity index (χ0) is 51.6. The largest absolute Gasteiger partial charge is 0.462 e. The summed E-state index contributed by atoms with van der Waals surface area (Å²) in [6.07, 6.45) is 75.4. The first-order valence-corrected chi connectivity index (χ1v) is 30.7. The molecule has 6 nitrogen and oxygen atoms in total. The maximum Gasteiger partial charge on any atom is 0.306 e. The minimum absolute atomic E-state index is 0.0323. The molecule has 71 heavy (non-hydrogen) atoms. The van der Waals surface area contributed by atoms with E-state index in [1.54, 1.807) is 0 Å². The highest BCUT2D eigenvalue weighted by Gasteiger charge is 2.24. The van der Waals surface area contributed by atoms with Crippen LogP contribution in [0, 0.1) is 0 Å². The van der Waals surface area contributed by atoms with Crippen molar-refractivity contribution in [2.75, 3.05) is 6.61 Å². The first-order valence-electron chi connectivity index (χ1n) is 30.7. The van der Waals surface area contributed by atoms with Crippen molar-refractivity contribution in [2.24, 2.45) is 0 Å². The molecular formula is C65H117NO5. The van der Waals surface area contributed by atoms with E-state index in [2.05, 4.69) is 99.0 Å². The van der Waals surface area contributed by atoms with E-state index in [1.807, 2.05) is 0 Å². The number of hydrogen-bond acceptors (Lipinski definition) is 5. The minimum atomic E-state index is -0.809. The number of carbonyl (C=O) groups excluding carboxylic acids is 2. The second kappa shape index (κ2) is 58.2. The molecule has 0 spiro atoms. The van der Waals surface area contributed by atoms with Gasteiger partial charge in [-0.15, -0.1) is 0 Å². The Labute approximate surface area is 441 Å². The monoisotopic (exact) mass is 992 g/mol. The number of nitrogens with one attached hydrogen (secondary N) is 1. The molecule has 0 saturated carbocycles. The van der Waals surface area contributed by atoms with Crippen LogP contribution in [0.5, 0.6) is 0 Å². The number of aliphatic hydroxyl groups excluding tert-OH is 2. The van der Waals surface area contributed by atoms with Crippen molar-refractivity contribution in [1.82, 2.24) is 5.32 Å². The zero-order valence-corrected chi connectivity index (χ0v) is 47.1. The van der Waals surface area contributed by atoms with Gasteiger partial charge < -0.3 is 20.3 Å². The number of esters is 1. The SMILES string of the molecule is CCCCC/C=C\C/C=C\C/C=C\C/C=C\CCCC(CC(=O)NC(CO)C(O)CCCCCCCCCCCCCCCCCCC)OC(=O)CCCCCCC/C=C/C=C/CCCCCCCCC. The molecule has 1 amide bonds. The van der Waals surface area contributed by atoms with Gasteiger partial charge in [-0.1, -0.05) is 273 Å². The maximum atomic E-state index is 13.3. The standard InChI is InChI=1S/C65H117NO5/c1-4-7-10-13-16-19-22-25-28-31-34-37-40-43-46-49-52-55-58-65(70)71-61(56-53-50-47-44-41-38-35-32-29-26-23-20-17-14-11-8-5-2)59-64(69)66-62(60-67)63(68)57-54-51-48-45-42-39-36-33-30-27-24-21-18-15-12-9-6-3/h17,20,26,28-29,31,34-35,37-38,44,47,61-63,67-68H,4-16,18-19,21-25,27,30,32-33,36,39-43,45-46,48-60H2,1-3H3,(H,66,69)/b20-17-,29-26-,31-28+,37-34+,38-35-,47-44-. The zero-order valence-electron chi connectivity index (χ0n) is 47.1. The molecular weight excluding hydrogens is 875 g/mol. The molecule has 0 aliphatic carbocycles. The third kappa shape index (κ3) is 53.4. The topological polar surface area (TPSA) is 95.9 Å². The van der Waals surface area contributed by atoms with E-state index in [0.717, 1.165) is 89.9 Å². The molecule has 0 aliphatic rings. The summed E-state index contributed by atoms with van der Waals surface area (Å²) < 4.78 is 5.94. The number of carbonyl (C=O) groups is 2.